The number of hydrogen-bond donors (Lipinski definition) is 6. The molecule has 1 fully saturated rings. The molecule has 0 aliphatic heterocycles. The Labute approximate surface area is 234 Å². The highest BCUT2D eigenvalue weighted by molar-refractivity contribution is 8.54. The summed E-state index contributed by atoms with van der Waals surface area (Å²) in [6.45, 7) is -0.819. The Hall–Kier alpha value is -0.760. The van der Waals surface area contributed by atoms with Crippen molar-refractivity contribution >= 4 is 30.1 Å². The third-order valence-corrected chi connectivity index (χ3v) is 9.49. The summed E-state index contributed by atoms with van der Waals surface area (Å²) in [5, 5.41) is 49.5. The van der Waals surface area contributed by atoms with E-state index in [2.05, 4.69) is 13.8 Å². The summed E-state index contributed by atoms with van der Waals surface area (Å²) in [4.78, 5) is 34.8. The van der Waals surface area contributed by atoms with Gasteiger partial charge in [0.1, 0.15) is 49.3 Å². The highest BCUT2D eigenvalue weighted by Crippen LogP contribution is 2.58. The zero-order valence-corrected chi connectivity index (χ0v) is 24.6. The molecule has 0 aromatic carbocycles. The normalized spacial score (nSPS) is 27.5. The Bertz CT molecular complexity index is 741. The first-order valence-electron chi connectivity index (χ1n) is 13.8. The molecule has 0 saturated heterocycles. The molecular weight excluding hydrogens is 555 g/mol. The molecule has 6 N–H and O–H groups in total. The molecule has 1 saturated carbocycles. The third-order valence-electron chi connectivity index (χ3n) is 6.45. The second kappa shape index (κ2) is 19.4. The van der Waals surface area contributed by atoms with E-state index in [0.717, 1.165) is 51.4 Å². The maximum atomic E-state index is 12.7. The topological polar surface area (TPSA) is 200 Å². The molecule has 4 unspecified atom stereocenters. The maximum absolute atomic E-state index is 12.7. The van der Waals surface area contributed by atoms with Crippen LogP contribution in [-0.2, 0) is 28.2 Å². The van der Waals surface area contributed by atoms with Crippen molar-refractivity contribution in [3.63, 3.8) is 0 Å². The van der Waals surface area contributed by atoms with Gasteiger partial charge in [0.15, 0.2) is 0 Å². The summed E-state index contributed by atoms with van der Waals surface area (Å²) >= 11 is 0.316. The lowest BCUT2D eigenvalue weighted by atomic mass is 9.85. The predicted molar refractivity (Wildman–Crippen MR) is 145 cm³/mol. The minimum absolute atomic E-state index is 0.141. The summed E-state index contributed by atoms with van der Waals surface area (Å²) in [6, 6.07) is 0. The lowest BCUT2D eigenvalue weighted by Crippen LogP contribution is -2.64. The summed E-state index contributed by atoms with van der Waals surface area (Å²) in [7, 11) is 0. The molecule has 1 aliphatic rings. The summed E-state index contributed by atoms with van der Waals surface area (Å²) in [5.74, 6) is -1.33. The van der Waals surface area contributed by atoms with Gasteiger partial charge < -0.3 is 39.9 Å². The van der Waals surface area contributed by atoms with E-state index in [-0.39, 0.29) is 25.2 Å². The first kappa shape index (κ1) is 36.3. The van der Waals surface area contributed by atoms with Gasteiger partial charge >= 0.3 is 18.7 Å². The Morgan fingerprint density at radius 1 is 0.744 bits per heavy atom. The van der Waals surface area contributed by atoms with Crippen molar-refractivity contribution in [1.29, 1.82) is 0 Å². The fourth-order valence-corrected chi connectivity index (χ4v) is 6.73. The van der Waals surface area contributed by atoms with E-state index in [9.17, 15) is 44.6 Å². The summed E-state index contributed by atoms with van der Waals surface area (Å²) < 4.78 is 28.3. The van der Waals surface area contributed by atoms with Gasteiger partial charge in [0, 0.05) is 18.6 Å². The highest BCUT2D eigenvalue weighted by atomic mass is 32.7. The molecule has 0 bridgehead atoms. The Balaban J connectivity index is 2.70. The van der Waals surface area contributed by atoms with Crippen LogP contribution in [0.3, 0.4) is 0 Å². The number of rotatable bonds is 20. The van der Waals surface area contributed by atoms with Crippen LogP contribution in [0.1, 0.15) is 90.9 Å². The fourth-order valence-electron chi connectivity index (χ4n) is 4.05. The van der Waals surface area contributed by atoms with Crippen molar-refractivity contribution in [3.8, 4) is 0 Å². The standard InChI is InChI=1S/C25H47O12PS/c1-3-5-7-9-11-13-18(26)35-15-17(36-19(27)14-12-10-8-6-4-2)16-39-38(33,34)37-25-23(31)21(29)20(28)22(30)24(25)32/h17,20-25,28-32H,3-16H2,1-2H3,(H,33,34)/t17?,20?,21-,22+,23-,24-,25?/m0/s1. The predicted octanol–water partition coefficient (Wildman–Crippen LogP) is 2.20. The van der Waals surface area contributed by atoms with Crippen LogP contribution in [0.4, 0.5) is 0 Å². The quantitative estimate of drug-likeness (QED) is 0.0674. The average Bonchev–Trinajstić information content (AvgIpc) is 2.90. The van der Waals surface area contributed by atoms with E-state index in [1.807, 2.05) is 0 Å². The number of ether oxygens (including phenoxy) is 2. The molecule has 1 rings (SSSR count). The van der Waals surface area contributed by atoms with E-state index in [4.69, 9.17) is 14.0 Å². The molecule has 0 heterocycles. The van der Waals surface area contributed by atoms with Gasteiger partial charge in [-0.15, -0.1) is 0 Å². The average molecular weight is 603 g/mol. The van der Waals surface area contributed by atoms with Crippen LogP contribution in [0.5, 0.6) is 0 Å². The minimum Gasteiger partial charge on any atom is -0.462 e. The Morgan fingerprint density at radius 2 is 1.21 bits per heavy atom. The first-order valence-corrected chi connectivity index (χ1v) is 17.0. The maximum Gasteiger partial charge on any atom is 0.387 e. The number of unbranched alkanes of at least 4 members (excludes halogenated alkanes) is 8. The highest BCUT2D eigenvalue weighted by Gasteiger charge is 2.51. The van der Waals surface area contributed by atoms with Gasteiger partial charge in [-0.2, -0.15) is 0 Å². The number of hydrogen-bond acceptors (Lipinski definition) is 12. The van der Waals surface area contributed by atoms with Crippen LogP contribution in [0.15, 0.2) is 0 Å². The van der Waals surface area contributed by atoms with Gasteiger partial charge in [-0.1, -0.05) is 65.2 Å². The molecule has 39 heavy (non-hydrogen) atoms. The van der Waals surface area contributed by atoms with Crippen LogP contribution < -0.4 is 0 Å². The number of esters is 2. The lowest BCUT2D eigenvalue weighted by molar-refractivity contribution is -0.217. The van der Waals surface area contributed by atoms with Gasteiger partial charge in [-0.05, 0) is 24.2 Å². The van der Waals surface area contributed by atoms with Crippen molar-refractivity contribution in [2.45, 2.75) is 134 Å². The molecule has 230 valence electrons. The zero-order chi connectivity index (χ0) is 29.4. The summed E-state index contributed by atoms with van der Waals surface area (Å²) in [6.07, 6.45) is -2.95. The van der Waals surface area contributed by atoms with Crippen LogP contribution in [0, 0.1) is 0 Å². The van der Waals surface area contributed by atoms with Crippen molar-refractivity contribution in [3.05, 3.63) is 0 Å². The van der Waals surface area contributed by atoms with E-state index < -0.39 is 61.5 Å². The van der Waals surface area contributed by atoms with Crippen molar-refractivity contribution in [2.75, 3.05) is 12.4 Å². The van der Waals surface area contributed by atoms with Crippen LogP contribution in [0.25, 0.3) is 0 Å². The second-order valence-electron chi connectivity index (χ2n) is 9.91. The molecule has 12 nitrogen and oxygen atoms in total. The molecule has 0 radical (unpaired) electrons. The SMILES string of the molecule is CCCCCCCC(=O)OCC(CSP(=O)(O)OC1[C@@H](O)[C@H](O)C(O)[C@H](O)[C@@H]1O)OC(=O)CCCCCCC. The monoisotopic (exact) mass is 602 g/mol. The number of carbonyl (C=O) groups excluding carboxylic acids is 2. The largest absolute Gasteiger partial charge is 0.462 e. The van der Waals surface area contributed by atoms with E-state index in [1.54, 1.807) is 0 Å². The van der Waals surface area contributed by atoms with E-state index >= 15 is 0 Å². The molecular formula is C25H47O12PS. The zero-order valence-electron chi connectivity index (χ0n) is 22.9. The first-order chi connectivity index (χ1) is 18.4. The van der Waals surface area contributed by atoms with Gasteiger partial charge in [0.2, 0.25) is 0 Å². The molecule has 0 aromatic heterocycles. The van der Waals surface area contributed by atoms with E-state index in [1.165, 1.54) is 0 Å². The van der Waals surface area contributed by atoms with Gasteiger partial charge in [-0.25, -0.2) is 4.57 Å². The van der Waals surface area contributed by atoms with E-state index in [0.29, 0.717) is 24.2 Å². The molecule has 1 aliphatic carbocycles. The number of carbonyl (C=O) groups is 2. The van der Waals surface area contributed by atoms with Crippen LogP contribution in [0.2, 0.25) is 0 Å². The van der Waals surface area contributed by atoms with Crippen molar-refractivity contribution in [2.24, 2.45) is 0 Å². The lowest BCUT2D eigenvalue weighted by Gasteiger charge is -2.41. The minimum atomic E-state index is -4.65. The van der Waals surface area contributed by atoms with Crippen molar-refractivity contribution in [1.82, 2.24) is 0 Å². The molecule has 0 aromatic rings. The fraction of sp³-hybridized carbons (Fsp3) is 0.920. The Morgan fingerprint density at radius 3 is 1.72 bits per heavy atom. The number of aliphatic hydroxyl groups excluding tert-OH is 5. The smallest absolute Gasteiger partial charge is 0.387 e. The third kappa shape index (κ3) is 14.1. The molecule has 8 atom stereocenters. The molecule has 0 amide bonds. The van der Waals surface area contributed by atoms with Gasteiger partial charge in [-0.3, -0.25) is 14.1 Å². The van der Waals surface area contributed by atoms with Crippen LogP contribution in [-0.4, -0.2) is 97.5 Å². The Kier molecular flexibility index (Phi) is 18.0. The van der Waals surface area contributed by atoms with Gasteiger partial charge in [0.05, 0.1) is 0 Å². The summed E-state index contributed by atoms with van der Waals surface area (Å²) in [5.41, 5.74) is 0. The molecule has 14 heteroatoms. The number of aliphatic hydroxyl groups is 5. The van der Waals surface area contributed by atoms with Crippen molar-refractivity contribution < 1.29 is 58.6 Å². The van der Waals surface area contributed by atoms with Gasteiger partial charge in [0.25, 0.3) is 0 Å². The molecule has 0 spiro atoms. The second-order valence-corrected chi connectivity index (χ2v) is 13.8. The van der Waals surface area contributed by atoms with Crippen LogP contribution >= 0.6 is 18.2 Å².